The van der Waals surface area contributed by atoms with E-state index < -0.39 is 23.5 Å². The van der Waals surface area contributed by atoms with Crippen molar-refractivity contribution in [3.63, 3.8) is 0 Å². The highest BCUT2D eigenvalue weighted by Crippen LogP contribution is 2.40. The highest BCUT2D eigenvalue weighted by molar-refractivity contribution is 7.10. The van der Waals surface area contributed by atoms with E-state index in [4.69, 9.17) is 4.74 Å². The summed E-state index contributed by atoms with van der Waals surface area (Å²) in [6.07, 6.45) is 0. The van der Waals surface area contributed by atoms with E-state index in [1.165, 1.54) is 16.2 Å². The van der Waals surface area contributed by atoms with Gasteiger partial charge in [-0.2, -0.15) is 0 Å². The second-order valence-corrected chi connectivity index (χ2v) is 8.13. The number of Topliss-reactive ketones (excluding diaryl/α,β-unsaturated/α-hetero) is 1. The third-order valence-electron chi connectivity index (χ3n) is 5.48. The Hall–Kier alpha value is -2.64. The average molecular weight is 429 g/mol. The topological polar surface area (TPSA) is 74.1 Å². The average Bonchev–Trinajstić information content (AvgIpc) is 3.37. The lowest BCUT2D eigenvalue weighted by Crippen LogP contribution is -3.12. The minimum absolute atomic E-state index is 0.0427. The molecule has 0 aliphatic carbocycles. The first kappa shape index (κ1) is 22.1. The van der Waals surface area contributed by atoms with E-state index in [1.54, 1.807) is 29.2 Å². The Kier molecular flexibility index (Phi) is 7.29. The van der Waals surface area contributed by atoms with Crippen molar-refractivity contribution in [2.75, 3.05) is 32.8 Å². The molecule has 0 spiro atoms. The summed E-state index contributed by atoms with van der Waals surface area (Å²) in [4.78, 5) is 29.5. The van der Waals surface area contributed by atoms with Gasteiger partial charge in [0.05, 0.1) is 38.8 Å². The Balaban J connectivity index is 1.99. The molecule has 2 aromatic rings. The first-order chi connectivity index (χ1) is 14.5. The molecule has 7 heteroatoms. The molecule has 0 bridgehead atoms. The molecule has 1 amide bonds. The molecule has 1 aliphatic heterocycles. The van der Waals surface area contributed by atoms with E-state index in [0.29, 0.717) is 24.5 Å². The summed E-state index contributed by atoms with van der Waals surface area (Å²) in [6, 6.07) is 9.84. The number of nitrogens with zero attached hydrogens (tertiary/aromatic N) is 1. The van der Waals surface area contributed by atoms with E-state index in [9.17, 15) is 14.7 Å². The van der Waals surface area contributed by atoms with Crippen LogP contribution in [0.15, 0.2) is 47.4 Å². The van der Waals surface area contributed by atoms with Gasteiger partial charge in [-0.15, -0.1) is 11.3 Å². The summed E-state index contributed by atoms with van der Waals surface area (Å²) in [6.45, 7) is 9.66. The number of hydrogen-bond acceptors (Lipinski definition) is 5. The molecule has 160 valence electrons. The number of likely N-dealkylation sites (N-methyl/N-ethyl adjacent to an activating group) is 1. The SMILES string of the molecule is CCOc1ccc(C([O-])=C2C(=O)C(=O)N(CC[NH+](CC)CC)C2c2cccs2)cc1. The van der Waals surface area contributed by atoms with Gasteiger partial charge in [-0.25, -0.2) is 0 Å². The molecule has 1 fully saturated rings. The lowest BCUT2D eigenvalue weighted by Gasteiger charge is -2.27. The van der Waals surface area contributed by atoms with Crippen molar-refractivity contribution in [1.82, 2.24) is 4.90 Å². The van der Waals surface area contributed by atoms with Crippen LogP contribution in [-0.2, 0) is 9.59 Å². The maximum atomic E-state index is 13.3. The van der Waals surface area contributed by atoms with E-state index in [1.807, 2.05) is 24.4 Å². The Labute approximate surface area is 181 Å². The van der Waals surface area contributed by atoms with Crippen molar-refractivity contribution in [3.8, 4) is 5.75 Å². The fraction of sp³-hybridized carbons (Fsp3) is 0.391. The first-order valence-corrected chi connectivity index (χ1v) is 11.3. The largest absolute Gasteiger partial charge is 0.872 e. The van der Waals surface area contributed by atoms with E-state index in [0.717, 1.165) is 24.5 Å². The fourth-order valence-corrected chi connectivity index (χ4v) is 4.60. The van der Waals surface area contributed by atoms with Crippen LogP contribution in [-0.4, -0.2) is 49.4 Å². The number of quaternary nitrogens is 1. The lowest BCUT2D eigenvalue weighted by atomic mass is 10.00. The van der Waals surface area contributed by atoms with Gasteiger partial charge in [-0.3, -0.25) is 9.59 Å². The van der Waals surface area contributed by atoms with Crippen LogP contribution in [0.1, 0.15) is 37.3 Å². The smallest absolute Gasteiger partial charge is 0.295 e. The van der Waals surface area contributed by atoms with Crippen molar-refractivity contribution in [2.24, 2.45) is 0 Å². The van der Waals surface area contributed by atoms with Crippen LogP contribution in [0, 0.1) is 0 Å². The molecule has 1 aromatic heterocycles. The zero-order chi connectivity index (χ0) is 21.7. The van der Waals surface area contributed by atoms with Crippen molar-refractivity contribution >= 4 is 28.8 Å². The summed E-state index contributed by atoms with van der Waals surface area (Å²) < 4.78 is 5.43. The van der Waals surface area contributed by atoms with Crippen molar-refractivity contribution in [2.45, 2.75) is 26.8 Å². The van der Waals surface area contributed by atoms with Crippen LogP contribution < -0.4 is 14.7 Å². The number of hydrogen-bond donors (Lipinski definition) is 1. The molecule has 3 rings (SSSR count). The zero-order valence-electron chi connectivity index (χ0n) is 17.6. The Morgan fingerprint density at radius 2 is 1.83 bits per heavy atom. The van der Waals surface area contributed by atoms with E-state index >= 15 is 0 Å². The highest BCUT2D eigenvalue weighted by Gasteiger charge is 2.44. The van der Waals surface area contributed by atoms with Crippen molar-refractivity contribution in [1.29, 1.82) is 0 Å². The predicted molar refractivity (Wildman–Crippen MR) is 115 cm³/mol. The molecule has 1 saturated heterocycles. The number of amides is 1. The van der Waals surface area contributed by atoms with E-state index in [-0.39, 0.29) is 5.57 Å². The standard InChI is InChI=1S/C23H28N2O4S/c1-4-24(5-2)13-14-25-20(18-8-7-15-30-18)19(22(27)23(25)28)21(26)16-9-11-17(12-10-16)29-6-3/h7-12,15,20,26H,4-6,13-14H2,1-3H3. The molecular weight excluding hydrogens is 400 g/mol. The van der Waals surface area contributed by atoms with E-state index in [2.05, 4.69) is 13.8 Å². The first-order valence-electron chi connectivity index (χ1n) is 10.4. The number of carbonyl (C=O) groups excluding carboxylic acids is 2. The van der Waals surface area contributed by atoms with Crippen LogP contribution in [0.4, 0.5) is 0 Å². The second kappa shape index (κ2) is 9.91. The molecule has 0 saturated carbocycles. The molecular formula is C23H28N2O4S. The van der Waals surface area contributed by atoms with Gasteiger partial charge < -0.3 is 19.6 Å². The molecule has 1 unspecified atom stereocenters. The van der Waals surface area contributed by atoms with Crippen LogP contribution in [0.25, 0.3) is 5.76 Å². The van der Waals surface area contributed by atoms with Crippen LogP contribution >= 0.6 is 11.3 Å². The Morgan fingerprint density at radius 3 is 2.40 bits per heavy atom. The summed E-state index contributed by atoms with van der Waals surface area (Å²) >= 11 is 1.45. The van der Waals surface area contributed by atoms with Crippen LogP contribution in [0.2, 0.25) is 0 Å². The summed E-state index contributed by atoms with van der Waals surface area (Å²) in [7, 11) is 0. The number of ketones is 1. The minimum atomic E-state index is -0.693. The van der Waals surface area contributed by atoms with Gasteiger partial charge in [-0.05, 0) is 49.9 Å². The van der Waals surface area contributed by atoms with Gasteiger partial charge >= 0.3 is 0 Å². The van der Waals surface area contributed by atoms with Gasteiger partial charge in [0.2, 0.25) is 5.78 Å². The number of rotatable bonds is 9. The van der Waals surface area contributed by atoms with Crippen LogP contribution in [0.5, 0.6) is 5.75 Å². The fourth-order valence-electron chi connectivity index (χ4n) is 3.75. The van der Waals surface area contributed by atoms with Crippen LogP contribution in [0.3, 0.4) is 0 Å². The normalized spacial score (nSPS) is 18.4. The highest BCUT2D eigenvalue weighted by atomic mass is 32.1. The number of likely N-dealkylation sites (tertiary alicyclic amines) is 1. The van der Waals surface area contributed by atoms with Gasteiger partial charge in [-0.1, -0.05) is 24.0 Å². The molecule has 6 nitrogen and oxygen atoms in total. The maximum Gasteiger partial charge on any atom is 0.295 e. The quantitative estimate of drug-likeness (QED) is 0.371. The molecule has 1 aliphatic rings. The summed E-state index contributed by atoms with van der Waals surface area (Å²) in [5.74, 6) is -1.02. The van der Waals surface area contributed by atoms with Gasteiger partial charge in [0, 0.05) is 10.5 Å². The van der Waals surface area contributed by atoms with Gasteiger partial charge in [0.25, 0.3) is 5.91 Å². The molecule has 30 heavy (non-hydrogen) atoms. The third-order valence-corrected chi connectivity index (χ3v) is 6.40. The summed E-state index contributed by atoms with van der Waals surface area (Å²) in [5, 5.41) is 15.2. The Bertz CT molecular complexity index is 902. The molecule has 1 atom stereocenters. The second-order valence-electron chi connectivity index (χ2n) is 7.15. The third kappa shape index (κ3) is 4.42. The number of carbonyl (C=O) groups is 2. The van der Waals surface area contributed by atoms with Crippen molar-refractivity contribution < 1.29 is 24.3 Å². The molecule has 2 heterocycles. The summed E-state index contributed by atoms with van der Waals surface area (Å²) in [5.41, 5.74) is 0.425. The number of nitrogens with one attached hydrogen (secondary N) is 1. The minimum Gasteiger partial charge on any atom is -0.872 e. The maximum absolute atomic E-state index is 13.3. The number of ether oxygens (including phenoxy) is 1. The lowest BCUT2D eigenvalue weighted by molar-refractivity contribution is -0.895. The molecule has 1 N–H and O–H groups in total. The van der Waals surface area contributed by atoms with Gasteiger partial charge in [0.1, 0.15) is 5.75 Å². The monoisotopic (exact) mass is 428 g/mol. The number of benzene rings is 1. The zero-order valence-corrected chi connectivity index (χ0v) is 18.5. The molecule has 0 radical (unpaired) electrons. The predicted octanol–water partition coefficient (Wildman–Crippen LogP) is 1.30. The van der Waals surface area contributed by atoms with Gasteiger partial charge in [0.15, 0.2) is 0 Å². The number of thiophene rings is 1. The Morgan fingerprint density at radius 1 is 1.13 bits per heavy atom. The van der Waals surface area contributed by atoms with Crippen molar-refractivity contribution in [3.05, 3.63) is 57.8 Å². The molecule has 1 aromatic carbocycles.